The van der Waals surface area contributed by atoms with Gasteiger partial charge in [0.25, 0.3) is 5.91 Å². The number of hydrogen-bond acceptors (Lipinski definition) is 2. The highest BCUT2D eigenvalue weighted by molar-refractivity contribution is 6.31. The normalized spacial score (nSPS) is 24.0. The molecule has 1 aromatic carbocycles. The minimum absolute atomic E-state index is 0.000445. The summed E-state index contributed by atoms with van der Waals surface area (Å²) in [5, 5.41) is 2.93. The van der Waals surface area contributed by atoms with Gasteiger partial charge in [0.1, 0.15) is 17.9 Å². The van der Waals surface area contributed by atoms with E-state index in [0.717, 1.165) is 12.5 Å². The van der Waals surface area contributed by atoms with E-state index < -0.39 is 17.9 Å². The highest BCUT2D eigenvalue weighted by Gasteiger charge is 2.41. The maximum atomic E-state index is 13.5. The molecule has 1 N–H and O–H groups in total. The summed E-state index contributed by atoms with van der Waals surface area (Å²) in [6.45, 7) is 5.46. The Bertz CT molecular complexity index is 559. The number of nitrogens with one attached hydrogen (secondary N) is 1. The van der Waals surface area contributed by atoms with Crippen molar-refractivity contribution in [1.82, 2.24) is 5.32 Å². The lowest BCUT2D eigenvalue weighted by molar-refractivity contribution is -0.134. The molecule has 114 valence electrons. The largest absolute Gasteiger partial charge is 0.342 e. The first-order valence-corrected chi connectivity index (χ1v) is 7.32. The maximum Gasteiger partial charge on any atom is 0.250 e. The summed E-state index contributed by atoms with van der Waals surface area (Å²) >= 11 is 5.85. The molecule has 1 aromatic rings. The molecule has 21 heavy (non-hydrogen) atoms. The molecule has 1 aliphatic heterocycles. The first kappa shape index (κ1) is 15.8. The average Bonchev–Trinajstić information content (AvgIpc) is 2.41. The summed E-state index contributed by atoms with van der Waals surface area (Å²) < 4.78 is 13.5. The molecule has 0 saturated carbocycles. The summed E-state index contributed by atoms with van der Waals surface area (Å²) in [6.07, 6.45) is 0.753. The third kappa shape index (κ3) is 3.02. The lowest BCUT2D eigenvalue weighted by atomic mass is 9.94. The third-order valence-corrected chi connectivity index (χ3v) is 4.12. The number of benzene rings is 1. The van der Waals surface area contributed by atoms with Gasteiger partial charge in [-0.1, -0.05) is 31.9 Å². The van der Waals surface area contributed by atoms with Gasteiger partial charge in [-0.3, -0.25) is 14.5 Å². The summed E-state index contributed by atoms with van der Waals surface area (Å²) in [5.41, 5.74) is 0.306. The fourth-order valence-electron chi connectivity index (χ4n) is 2.44. The van der Waals surface area contributed by atoms with E-state index in [1.807, 2.05) is 13.8 Å². The van der Waals surface area contributed by atoms with Crippen LogP contribution in [0.2, 0.25) is 5.02 Å². The van der Waals surface area contributed by atoms with Crippen molar-refractivity contribution in [2.45, 2.75) is 39.3 Å². The van der Waals surface area contributed by atoms with Gasteiger partial charge in [-0.15, -0.1) is 0 Å². The van der Waals surface area contributed by atoms with Crippen molar-refractivity contribution in [2.24, 2.45) is 5.92 Å². The Labute approximate surface area is 128 Å². The number of amides is 2. The molecule has 0 bridgehead atoms. The summed E-state index contributed by atoms with van der Waals surface area (Å²) in [7, 11) is 0. The molecule has 0 aromatic heterocycles. The van der Waals surface area contributed by atoms with Gasteiger partial charge in [0.05, 0.1) is 0 Å². The van der Waals surface area contributed by atoms with Crippen LogP contribution in [0.15, 0.2) is 18.2 Å². The van der Waals surface area contributed by atoms with Crippen LogP contribution in [-0.2, 0) is 9.59 Å². The number of anilines is 1. The summed E-state index contributed by atoms with van der Waals surface area (Å²) in [5.74, 6) is -1.03. The third-order valence-electron chi connectivity index (χ3n) is 3.91. The number of rotatable bonds is 3. The van der Waals surface area contributed by atoms with E-state index in [0.29, 0.717) is 5.69 Å². The number of carbonyl (C=O) groups is 2. The molecule has 0 aliphatic carbocycles. The molecule has 0 spiro atoms. The second-order valence-corrected chi connectivity index (χ2v) is 5.82. The van der Waals surface area contributed by atoms with Crippen molar-refractivity contribution < 1.29 is 14.0 Å². The first-order chi connectivity index (χ1) is 9.85. The smallest absolute Gasteiger partial charge is 0.250 e. The zero-order valence-electron chi connectivity index (χ0n) is 12.2. The van der Waals surface area contributed by atoms with Crippen LogP contribution in [-0.4, -0.2) is 23.9 Å². The molecule has 6 heteroatoms. The Hall–Kier alpha value is -1.62. The molecule has 1 saturated heterocycles. The molecular weight excluding hydrogens is 295 g/mol. The summed E-state index contributed by atoms with van der Waals surface area (Å²) in [4.78, 5) is 26.1. The second-order valence-electron chi connectivity index (χ2n) is 5.38. The van der Waals surface area contributed by atoms with Crippen molar-refractivity contribution in [2.75, 3.05) is 4.90 Å². The van der Waals surface area contributed by atoms with E-state index >= 15 is 0 Å². The molecule has 4 nitrogen and oxygen atoms in total. The van der Waals surface area contributed by atoms with E-state index in [-0.39, 0.29) is 22.8 Å². The van der Waals surface area contributed by atoms with Crippen LogP contribution < -0.4 is 10.2 Å². The number of hydrogen-bond donors (Lipinski definition) is 1. The standard InChI is InChI=1S/C15H18ClFN2O2/c1-4-8(2)13-15(21)19(9(3)14(20)18-13)12-6-10(16)5-11(17)7-12/h5-9,13H,4H2,1-3H3,(H,18,20). The van der Waals surface area contributed by atoms with Crippen molar-refractivity contribution in [3.63, 3.8) is 0 Å². The Morgan fingerprint density at radius 3 is 2.62 bits per heavy atom. The number of piperazine rings is 1. The first-order valence-electron chi connectivity index (χ1n) is 6.94. The fraction of sp³-hybridized carbons (Fsp3) is 0.467. The topological polar surface area (TPSA) is 49.4 Å². The molecule has 2 amide bonds. The Balaban J connectivity index is 2.43. The number of halogens is 2. The van der Waals surface area contributed by atoms with Crippen LogP contribution in [0.1, 0.15) is 27.2 Å². The van der Waals surface area contributed by atoms with Crippen molar-refractivity contribution in [3.8, 4) is 0 Å². The maximum absolute atomic E-state index is 13.5. The van der Waals surface area contributed by atoms with Crippen LogP contribution in [0.5, 0.6) is 0 Å². The van der Waals surface area contributed by atoms with Crippen molar-refractivity contribution >= 4 is 29.1 Å². The van der Waals surface area contributed by atoms with Crippen molar-refractivity contribution in [3.05, 3.63) is 29.0 Å². The molecular formula is C15H18ClFN2O2. The van der Waals surface area contributed by atoms with Crippen molar-refractivity contribution in [1.29, 1.82) is 0 Å². The average molecular weight is 313 g/mol. The highest BCUT2D eigenvalue weighted by Crippen LogP contribution is 2.27. The van der Waals surface area contributed by atoms with Crippen LogP contribution in [0, 0.1) is 11.7 Å². The quantitative estimate of drug-likeness (QED) is 0.933. The SMILES string of the molecule is CCC(C)C1NC(=O)C(C)N(c2cc(F)cc(Cl)c2)C1=O. The molecule has 1 fully saturated rings. The Kier molecular flexibility index (Phi) is 4.52. The van der Waals surface area contributed by atoms with E-state index in [2.05, 4.69) is 5.32 Å². The summed E-state index contributed by atoms with van der Waals surface area (Å²) in [6, 6.07) is 2.57. The van der Waals surface area contributed by atoms with Crippen LogP contribution in [0.4, 0.5) is 10.1 Å². The van der Waals surface area contributed by atoms with Gasteiger partial charge in [-0.25, -0.2) is 4.39 Å². The van der Waals surface area contributed by atoms with Crippen LogP contribution in [0.25, 0.3) is 0 Å². The van der Waals surface area contributed by atoms with E-state index in [9.17, 15) is 14.0 Å². The zero-order chi connectivity index (χ0) is 15.7. The molecule has 2 rings (SSSR count). The molecule has 1 aliphatic rings. The monoisotopic (exact) mass is 312 g/mol. The fourth-order valence-corrected chi connectivity index (χ4v) is 2.66. The Morgan fingerprint density at radius 1 is 1.38 bits per heavy atom. The lowest BCUT2D eigenvalue weighted by Crippen LogP contribution is -2.64. The van der Waals surface area contributed by atoms with Gasteiger partial charge >= 0.3 is 0 Å². The van der Waals surface area contributed by atoms with Gasteiger partial charge in [-0.2, -0.15) is 0 Å². The number of carbonyl (C=O) groups excluding carboxylic acids is 2. The van der Waals surface area contributed by atoms with Gasteiger partial charge in [0.2, 0.25) is 5.91 Å². The zero-order valence-corrected chi connectivity index (χ0v) is 12.9. The van der Waals surface area contributed by atoms with Gasteiger partial charge in [0, 0.05) is 10.7 Å². The minimum atomic E-state index is -0.698. The molecule has 1 heterocycles. The van der Waals surface area contributed by atoms with Gasteiger partial charge in [0.15, 0.2) is 0 Å². The predicted octanol–water partition coefficient (Wildman–Crippen LogP) is 2.75. The molecule has 3 unspecified atom stereocenters. The molecule has 3 atom stereocenters. The van der Waals surface area contributed by atoms with E-state index in [1.54, 1.807) is 6.92 Å². The van der Waals surface area contributed by atoms with Gasteiger partial charge in [-0.05, 0) is 31.0 Å². The van der Waals surface area contributed by atoms with Crippen LogP contribution >= 0.6 is 11.6 Å². The van der Waals surface area contributed by atoms with Gasteiger partial charge < -0.3 is 5.32 Å². The molecule has 0 radical (unpaired) electrons. The highest BCUT2D eigenvalue weighted by atomic mass is 35.5. The van der Waals surface area contributed by atoms with Crippen LogP contribution in [0.3, 0.4) is 0 Å². The lowest BCUT2D eigenvalue weighted by Gasteiger charge is -2.39. The van der Waals surface area contributed by atoms with E-state index in [4.69, 9.17) is 11.6 Å². The van der Waals surface area contributed by atoms with E-state index in [1.165, 1.54) is 17.0 Å². The Morgan fingerprint density at radius 2 is 2.05 bits per heavy atom. The predicted molar refractivity (Wildman–Crippen MR) is 79.7 cm³/mol. The second kappa shape index (κ2) is 6.02. The minimum Gasteiger partial charge on any atom is -0.342 e. The number of nitrogens with zero attached hydrogens (tertiary/aromatic N) is 1.